The Morgan fingerprint density at radius 1 is 0.952 bits per heavy atom. The van der Waals surface area contributed by atoms with Gasteiger partial charge in [0.15, 0.2) is 0 Å². The van der Waals surface area contributed by atoms with Gasteiger partial charge in [0.1, 0.15) is 0 Å². The lowest BCUT2D eigenvalue weighted by Crippen LogP contribution is -2.44. The van der Waals surface area contributed by atoms with Gasteiger partial charge in [-0.1, -0.05) is 36.4 Å². The highest BCUT2D eigenvalue weighted by Crippen LogP contribution is 2.20. The second-order valence-corrected chi connectivity index (χ2v) is 5.49. The van der Waals surface area contributed by atoms with E-state index in [2.05, 4.69) is 11.8 Å². The second-order valence-electron chi connectivity index (χ2n) is 5.49. The number of likely N-dealkylation sites (N-methyl/N-ethyl adjacent to an activating group) is 1. The predicted molar refractivity (Wildman–Crippen MR) is 87.7 cm³/mol. The van der Waals surface area contributed by atoms with E-state index in [4.69, 9.17) is 0 Å². The lowest BCUT2D eigenvalue weighted by Gasteiger charge is -2.31. The zero-order chi connectivity index (χ0) is 15.2. The Kier molecular flexibility index (Phi) is 5.12. The molecule has 1 amide bonds. The first kappa shape index (κ1) is 15.3. The van der Waals surface area contributed by atoms with Crippen molar-refractivity contribution in [2.75, 3.05) is 25.5 Å². The summed E-state index contributed by atoms with van der Waals surface area (Å²) in [5.41, 5.74) is 1.65. The number of carbonyl (C=O) groups excluding carboxylic acids is 1. The molecule has 1 atom stereocenters. The summed E-state index contributed by atoms with van der Waals surface area (Å²) in [5.74, 6) is 0.0381. The van der Waals surface area contributed by atoms with Gasteiger partial charge in [-0.15, -0.1) is 0 Å². The molecule has 3 nitrogen and oxygen atoms in total. The molecule has 0 heterocycles. The number of anilines is 1. The van der Waals surface area contributed by atoms with Crippen LogP contribution in [0.25, 0.3) is 0 Å². The Hall–Kier alpha value is -2.13. The molecule has 0 N–H and O–H groups in total. The maximum Gasteiger partial charge on any atom is 0.258 e. The van der Waals surface area contributed by atoms with Crippen molar-refractivity contribution in [2.24, 2.45) is 0 Å². The van der Waals surface area contributed by atoms with Crippen molar-refractivity contribution in [2.45, 2.75) is 13.0 Å². The second kappa shape index (κ2) is 7.04. The van der Waals surface area contributed by atoms with Crippen molar-refractivity contribution < 1.29 is 4.79 Å². The molecule has 2 aromatic rings. The molecule has 0 aliphatic carbocycles. The van der Waals surface area contributed by atoms with Crippen LogP contribution in [-0.2, 0) is 0 Å². The summed E-state index contributed by atoms with van der Waals surface area (Å²) in [6.45, 7) is 2.89. The molecule has 2 aromatic carbocycles. The maximum absolute atomic E-state index is 12.9. The van der Waals surface area contributed by atoms with Crippen LogP contribution in [0.15, 0.2) is 60.7 Å². The number of hydrogen-bond acceptors (Lipinski definition) is 2. The van der Waals surface area contributed by atoms with Crippen molar-refractivity contribution >= 4 is 11.6 Å². The fourth-order valence-electron chi connectivity index (χ4n) is 2.49. The molecule has 0 radical (unpaired) electrons. The molecule has 0 fully saturated rings. The zero-order valence-corrected chi connectivity index (χ0v) is 12.9. The largest absolute Gasteiger partial charge is 0.307 e. The van der Waals surface area contributed by atoms with Crippen LogP contribution in [0, 0.1) is 0 Å². The summed E-state index contributed by atoms with van der Waals surface area (Å²) in [5, 5.41) is 0. The van der Waals surface area contributed by atoms with Crippen LogP contribution >= 0.6 is 0 Å². The van der Waals surface area contributed by atoms with Gasteiger partial charge in [0.25, 0.3) is 5.91 Å². The molecular formula is C18H22N2O. The third-order valence-corrected chi connectivity index (χ3v) is 3.34. The molecule has 0 saturated heterocycles. The van der Waals surface area contributed by atoms with Gasteiger partial charge in [-0.3, -0.25) is 4.79 Å². The lowest BCUT2D eigenvalue weighted by molar-refractivity contribution is 0.0974. The van der Waals surface area contributed by atoms with Crippen LogP contribution in [0.3, 0.4) is 0 Å². The third-order valence-electron chi connectivity index (χ3n) is 3.34. The van der Waals surface area contributed by atoms with E-state index < -0.39 is 0 Å². The molecule has 0 unspecified atom stereocenters. The first-order chi connectivity index (χ1) is 10.1. The van der Waals surface area contributed by atoms with Crippen LogP contribution in [0.4, 0.5) is 5.69 Å². The van der Waals surface area contributed by atoms with Gasteiger partial charge in [-0.05, 0) is 45.3 Å². The van der Waals surface area contributed by atoms with Crippen molar-refractivity contribution in [3.05, 3.63) is 66.2 Å². The number of rotatable bonds is 5. The molecular weight excluding hydrogens is 260 g/mol. The minimum absolute atomic E-state index is 0.0381. The summed E-state index contributed by atoms with van der Waals surface area (Å²) in [6.07, 6.45) is 0. The standard InChI is InChI=1S/C18H22N2O/c1-15(14-19(2)3)20(17-12-8-5-9-13-17)18(21)16-10-6-4-7-11-16/h4-13,15H,14H2,1-3H3/t15-/m0/s1. The minimum atomic E-state index is 0.0381. The predicted octanol–water partition coefficient (Wildman–Crippen LogP) is 3.28. The van der Waals surface area contributed by atoms with Crippen LogP contribution < -0.4 is 4.90 Å². The summed E-state index contributed by atoms with van der Waals surface area (Å²) < 4.78 is 0. The van der Waals surface area contributed by atoms with E-state index in [1.54, 1.807) is 0 Å². The van der Waals surface area contributed by atoms with Gasteiger partial charge in [-0.2, -0.15) is 0 Å². The van der Waals surface area contributed by atoms with E-state index in [9.17, 15) is 4.79 Å². The van der Waals surface area contributed by atoms with Crippen molar-refractivity contribution in [1.29, 1.82) is 0 Å². The molecule has 2 rings (SSSR count). The lowest BCUT2D eigenvalue weighted by atomic mass is 10.1. The maximum atomic E-state index is 12.9. The fourth-order valence-corrected chi connectivity index (χ4v) is 2.49. The quantitative estimate of drug-likeness (QED) is 0.840. The summed E-state index contributed by atoms with van der Waals surface area (Å²) in [6, 6.07) is 19.4. The van der Waals surface area contributed by atoms with Gasteiger partial charge in [0.2, 0.25) is 0 Å². The fraction of sp³-hybridized carbons (Fsp3) is 0.278. The van der Waals surface area contributed by atoms with E-state index in [0.29, 0.717) is 5.56 Å². The number of hydrogen-bond donors (Lipinski definition) is 0. The first-order valence-electron chi connectivity index (χ1n) is 7.18. The van der Waals surface area contributed by atoms with E-state index in [-0.39, 0.29) is 11.9 Å². The average molecular weight is 282 g/mol. The van der Waals surface area contributed by atoms with E-state index in [0.717, 1.165) is 12.2 Å². The molecule has 0 aliphatic rings. The third kappa shape index (κ3) is 3.92. The van der Waals surface area contributed by atoms with Gasteiger partial charge < -0.3 is 9.80 Å². The Labute approximate surface area is 126 Å². The highest BCUT2D eigenvalue weighted by Gasteiger charge is 2.23. The van der Waals surface area contributed by atoms with Crippen molar-refractivity contribution in [3.8, 4) is 0 Å². The van der Waals surface area contributed by atoms with Gasteiger partial charge in [0.05, 0.1) is 0 Å². The first-order valence-corrected chi connectivity index (χ1v) is 7.18. The van der Waals surface area contributed by atoms with E-state index in [1.165, 1.54) is 0 Å². The Morgan fingerprint density at radius 2 is 1.48 bits per heavy atom. The Bertz CT molecular complexity index is 566. The number of para-hydroxylation sites is 1. The number of benzene rings is 2. The molecule has 0 aliphatic heterocycles. The van der Waals surface area contributed by atoms with E-state index >= 15 is 0 Å². The summed E-state index contributed by atoms with van der Waals surface area (Å²) in [7, 11) is 4.04. The molecule has 0 spiro atoms. The highest BCUT2D eigenvalue weighted by atomic mass is 16.2. The topological polar surface area (TPSA) is 23.6 Å². The number of carbonyl (C=O) groups is 1. The van der Waals surface area contributed by atoms with Gasteiger partial charge in [-0.25, -0.2) is 0 Å². The van der Waals surface area contributed by atoms with E-state index in [1.807, 2.05) is 79.7 Å². The highest BCUT2D eigenvalue weighted by molar-refractivity contribution is 6.06. The SMILES string of the molecule is C[C@@H](CN(C)C)N(C(=O)c1ccccc1)c1ccccc1. The Balaban J connectivity index is 2.34. The van der Waals surface area contributed by atoms with Gasteiger partial charge >= 0.3 is 0 Å². The molecule has 110 valence electrons. The average Bonchev–Trinajstić information content (AvgIpc) is 2.48. The van der Waals surface area contributed by atoms with Crippen LogP contribution in [-0.4, -0.2) is 37.5 Å². The molecule has 0 saturated carbocycles. The number of amides is 1. The zero-order valence-electron chi connectivity index (χ0n) is 12.9. The summed E-state index contributed by atoms with van der Waals surface area (Å²) in [4.78, 5) is 16.8. The van der Waals surface area contributed by atoms with Crippen LogP contribution in [0.5, 0.6) is 0 Å². The molecule has 3 heteroatoms. The molecule has 0 bridgehead atoms. The van der Waals surface area contributed by atoms with Crippen molar-refractivity contribution in [3.63, 3.8) is 0 Å². The van der Waals surface area contributed by atoms with Crippen molar-refractivity contribution in [1.82, 2.24) is 4.90 Å². The molecule has 0 aromatic heterocycles. The minimum Gasteiger partial charge on any atom is -0.307 e. The molecule has 21 heavy (non-hydrogen) atoms. The monoisotopic (exact) mass is 282 g/mol. The van der Waals surface area contributed by atoms with Crippen LogP contribution in [0.1, 0.15) is 17.3 Å². The van der Waals surface area contributed by atoms with Gasteiger partial charge in [0, 0.05) is 23.8 Å². The number of nitrogens with zero attached hydrogens (tertiary/aromatic N) is 2. The Morgan fingerprint density at radius 3 is 2.00 bits per heavy atom. The smallest absolute Gasteiger partial charge is 0.258 e. The summed E-state index contributed by atoms with van der Waals surface area (Å²) >= 11 is 0. The normalized spacial score (nSPS) is 12.2. The van der Waals surface area contributed by atoms with Crippen LogP contribution in [0.2, 0.25) is 0 Å².